The third-order valence-electron chi connectivity index (χ3n) is 1.45. The molecule has 0 fully saturated rings. The fourth-order valence-corrected chi connectivity index (χ4v) is 0.778. The lowest BCUT2D eigenvalue weighted by molar-refractivity contribution is 0.359. The van der Waals surface area contributed by atoms with E-state index >= 15 is 0 Å². The van der Waals surface area contributed by atoms with Gasteiger partial charge in [-0.1, -0.05) is 18.2 Å². The molecule has 0 aliphatic rings. The Labute approximate surface area is 76.4 Å². The van der Waals surface area contributed by atoms with Crippen molar-refractivity contribution >= 4 is 17.6 Å². The van der Waals surface area contributed by atoms with Gasteiger partial charge in [0.2, 0.25) is 0 Å². The van der Waals surface area contributed by atoms with Gasteiger partial charge in [0.1, 0.15) is 5.71 Å². The van der Waals surface area contributed by atoms with Gasteiger partial charge >= 0.3 is 0 Å². The summed E-state index contributed by atoms with van der Waals surface area (Å²) in [5.41, 5.74) is 1.15. The number of aliphatic imine (C=N–C) groups is 1. The summed E-state index contributed by atoms with van der Waals surface area (Å²) in [6.07, 6.45) is 1.44. The molecule has 1 rings (SSSR count). The Balaban J connectivity index is 2.69. The number of nitrogens with two attached hydrogens (primary N) is 1. The minimum Gasteiger partial charge on any atom is -0.390 e. The van der Waals surface area contributed by atoms with Gasteiger partial charge in [0, 0.05) is 0 Å². The molecule has 1 aromatic rings. The molecule has 0 aliphatic carbocycles. The van der Waals surface area contributed by atoms with E-state index in [1.54, 1.807) is 0 Å². The maximum Gasteiger partial charge on any atom is 0.104 e. The summed E-state index contributed by atoms with van der Waals surface area (Å²) >= 11 is 0. The number of para-hydroxylation sites is 1. The highest BCUT2D eigenvalue weighted by Gasteiger charge is 1.90. The molecule has 3 N–H and O–H groups in total. The van der Waals surface area contributed by atoms with Gasteiger partial charge in [-0.15, -0.1) is 0 Å². The molecule has 0 atom stereocenters. The van der Waals surface area contributed by atoms with Crippen LogP contribution in [0.3, 0.4) is 0 Å². The second-order valence-electron chi connectivity index (χ2n) is 2.37. The standard InChI is InChI=1S/C9H11N3O/c10-12-9(7-13)6-11-8-4-2-1-3-5-8/h1-6,13H,7,10H2/b11-6?,12-9+. The molecule has 0 radical (unpaired) electrons. The van der Waals surface area contributed by atoms with Crippen molar-refractivity contribution < 1.29 is 5.11 Å². The number of nitrogens with zero attached hydrogens (tertiary/aromatic N) is 2. The van der Waals surface area contributed by atoms with E-state index in [-0.39, 0.29) is 6.61 Å². The molecule has 68 valence electrons. The molecule has 0 heterocycles. The molecule has 0 bridgehead atoms. The molecule has 13 heavy (non-hydrogen) atoms. The number of hydrogen-bond donors (Lipinski definition) is 2. The Bertz CT molecular complexity index is 306. The van der Waals surface area contributed by atoms with Gasteiger partial charge in [-0.2, -0.15) is 5.10 Å². The van der Waals surface area contributed by atoms with Crippen molar-refractivity contribution in [2.24, 2.45) is 15.9 Å². The van der Waals surface area contributed by atoms with Gasteiger partial charge in [0.15, 0.2) is 0 Å². The molecule has 1 aromatic carbocycles. The van der Waals surface area contributed by atoms with E-state index in [4.69, 9.17) is 10.9 Å². The second kappa shape index (κ2) is 5.05. The number of aliphatic hydroxyl groups excluding tert-OH is 1. The average Bonchev–Trinajstić information content (AvgIpc) is 2.21. The summed E-state index contributed by atoms with van der Waals surface area (Å²) in [6.45, 7) is -0.202. The van der Waals surface area contributed by atoms with Crippen LogP contribution < -0.4 is 5.84 Å². The molecular weight excluding hydrogens is 166 g/mol. The van der Waals surface area contributed by atoms with E-state index in [9.17, 15) is 0 Å². The van der Waals surface area contributed by atoms with Crippen LogP contribution in [0.5, 0.6) is 0 Å². The summed E-state index contributed by atoms with van der Waals surface area (Å²) in [5, 5.41) is 12.0. The highest BCUT2D eigenvalue weighted by molar-refractivity contribution is 6.31. The van der Waals surface area contributed by atoms with Crippen LogP contribution in [0.15, 0.2) is 40.4 Å². The fraction of sp³-hybridized carbons (Fsp3) is 0.111. The van der Waals surface area contributed by atoms with Crippen molar-refractivity contribution in [3.63, 3.8) is 0 Å². The first-order valence-corrected chi connectivity index (χ1v) is 3.83. The van der Waals surface area contributed by atoms with E-state index in [2.05, 4.69) is 10.1 Å². The largest absolute Gasteiger partial charge is 0.390 e. The molecule has 0 aromatic heterocycles. The van der Waals surface area contributed by atoms with Crippen molar-refractivity contribution in [1.29, 1.82) is 0 Å². The summed E-state index contributed by atoms with van der Waals surface area (Å²) in [4.78, 5) is 4.05. The van der Waals surface area contributed by atoms with E-state index in [0.29, 0.717) is 5.71 Å². The van der Waals surface area contributed by atoms with Crippen LogP contribution in [0.2, 0.25) is 0 Å². The van der Waals surface area contributed by atoms with Gasteiger partial charge in [-0.05, 0) is 12.1 Å². The Kier molecular flexibility index (Phi) is 3.66. The summed E-state index contributed by atoms with van der Waals surface area (Å²) in [7, 11) is 0. The van der Waals surface area contributed by atoms with Gasteiger partial charge in [-0.25, -0.2) is 0 Å². The zero-order chi connectivity index (χ0) is 9.52. The average molecular weight is 177 g/mol. The monoisotopic (exact) mass is 177 g/mol. The second-order valence-corrected chi connectivity index (χ2v) is 2.37. The number of rotatable bonds is 3. The third kappa shape index (κ3) is 3.04. The number of aliphatic hydroxyl groups is 1. The zero-order valence-corrected chi connectivity index (χ0v) is 7.09. The Hall–Kier alpha value is -1.68. The summed E-state index contributed by atoms with van der Waals surface area (Å²) in [5.74, 6) is 4.98. The summed E-state index contributed by atoms with van der Waals surface area (Å²) < 4.78 is 0. The van der Waals surface area contributed by atoms with Crippen LogP contribution in [-0.2, 0) is 0 Å². The minimum atomic E-state index is -0.202. The van der Waals surface area contributed by atoms with Gasteiger partial charge in [0.25, 0.3) is 0 Å². The van der Waals surface area contributed by atoms with Crippen LogP contribution in [0.25, 0.3) is 0 Å². The number of hydrazone groups is 1. The zero-order valence-electron chi connectivity index (χ0n) is 7.09. The normalized spacial score (nSPS) is 12.2. The lowest BCUT2D eigenvalue weighted by Gasteiger charge is -1.92. The Morgan fingerprint density at radius 1 is 1.38 bits per heavy atom. The molecule has 0 amide bonds. The van der Waals surface area contributed by atoms with Crippen LogP contribution >= 0.6 is 0 Å². The molecule has 0 saturated heterocycles. The van der Waals surface area contributed by atoms with Crippen LogP contribution in [0, 0.1) is 0 Å². The lowest BCUT2D eigenvalue weighted by Crippen LogP contribution is -2.08. The lowest BCUT2D eigenvalue weighted by atomic mass is 10.3. The van der Waals surface area contributed by atoms with Gasteiger partial charge < -0.3 is 10.9 Å². The van der Waals surface area contributed by atoms with Crippen molar-refractivity contribution in [3.05, 3.63) is 30.3 Å². The quantitative estimate of drug-likeness (QED) is 0.405. The van der Waals surface area contributed by atoms with Crippen molar-refractivity contribution in [3.8, 4) is 0 Å². The van der Waals surface area contributed by atoms with Crippen molar-refractivity contribution in [1.82, 2.24) is 0 Å². The van der Waals surface area contributed by atoms with Crippen molar-refractivity contribution in [2.75, 3.05) is 6.61 Å². The highest BCUT2D eigenvalue weighted by Crippen LogP contribution is 2.08. The Morgan fingerprint density at radius 3 is 2.62 bits per heavy atom. The molecule has 0 saturated carbocycles. The fourth-order valence-electron chi connectivity index (χ4n) is 0.778. The first-order chi connectivity index (χ1) is 6.36. The number of benzene rings is 1. The minimum absolute atomic E-state index is 0.202. The summed E-state index contributed by atoms with van der Waals surface area (Å²) in [6, 6.07) is 9.36. The van der Waals surface area contributed by atoms with Gasteiger partial charge in [0.05, 0.1) is 18.5 Å². The molecular formula is C9H11N3O. The molecule has 0 spiro atoms. The van der Waals surface area contributed by atoms with E-state index < -0.39 is 0 Å². The molecule has 0 unspecified atom stereocenters. The first kappa shape index (κ1) is 9.41. The molecule has 4 heteroatoms. The third-order valence-corrected chi connectivity index (χ3v) is 1.45. The maximum absolute atomic E-state index is 8.70. The molecule has 4 nitrogen and oxygen atoms in total. The topological polar surface area (TPSA) is 71.0 Å². The van der Waals surface area contributed by atoms with E-state index in [0.717, 1.165) is 5.69 Å². The van der Waals surface area contributed by atoms with E-state index in [1.165, 1.54) is 6.21 Å². The predicted molar refractivity (Wildman–Crippen MR) is 53.3 cm³/mol. The number of hydrogen-bond acceptors (Lipinski definition) is 4. The van der Waals surface area contributed by atoms with Crippen LogP contribution in [0.4, 0.5) is 5.69 Å². The smallest absolute Gasteiger partial charge is 0.104 e. The van der Waals surface area contributed by atoms with Crippen LogP contribution in [-0.4, -0.2) is 23.6 Å². The molecule has 0 aliphatic heterocycles. The maximum atomic E-state index is 8.70. The SMILES string of the molecule is N/N=C(\C=Nc1ccccc1)CO. The highest BCUT2D eigenvalue weighted by atomic mass is 16.3. The van der Waals surface area contributed by atoms with Crippen molar-refractivity contribution in [2.45, 2.75) is 0 Å². The first-order valence-electron chi connectivity index (χ1n) is 3.83. The van der Waals surface area contributed by atoms with Gasteiger partial charge in [-0.3, -0.25) is 4.99 Å². The predicted octanol–water partition coefficient (Wildman–Crippen LogP) is 0.696. The Morgan fingerprint density at radius 2 is 2.08 bits per heavy atom. The van der Waals surface area contributed by atoms with E-state index in [1.807, 2.05) is 30.3 Å². The van der Waals surface area contributed by atoms with Crippen LogP contribution in [0.1, 0.15) is 0 Å².